The normalized spacial score (nSPS) is 10.6. The largest absolute Gasteiger partial charge is 0.488 e. The Bertz CT molecular complexity index is 1330. The van der Waals surface area contributed by atoms with Crippen LogP contribution in [-0.2, 0) is 22.7 Å². The molecule has 1 heterocycles. The Morgan fingerprint density at radius 1 is 1.00 bits per heavy atom. The monoisotopic (exact) mass is 508 g/mol. The van der Waals surface area contributed by atoms with Crippen LogP contribution in [0.25, 0.3) is 0 Å². The van der Waals surface area contributed by atoms with E-state index in [1.807, 2.05) is 44.2 Å². The number of benzene rings is 2. The number of rotatable bonds is 12. The third-order valence-electron chi connectivity index (χ3n) is 5.64. The third-order valence-corrected chi connectivity index (χ3v) is 5.64. The van der Waals surface area contributed by atoms with Gasteiger partial charge >= 0.3 is 11.7 Å². The first kappa shape index (κ1) is 27.3. The number of aromatic amines is 1. The first-order valence-corrected chi connectivity index (χ1v) is 12.2. The van der Waals surface area contributed by atoms with E-state index in [1.165, 1.54) is 9.47 Å². The number of carbonyl (C=O) groups is 2. The lowest BCUT2D eigenvalue weighted by Gasteiger charge is -2.24. The summed E-state index contributed by atoms with van der Waals surface area (Å²) in [7, 11) is 0. The van der Waals surface area contributed by atoms with Crippen molar-refractivity contribution in [3.05, 3.63) is 86.6 Å². The molecule has 10 nitrogen and oxygen atoms in total. The minimum atomic E-state index is -0.773. The van der Waals surface area contributed by atoms with Crippen LogP contribution in [0.3, 0.4) is 0 Å². The number of esters is 1. The molecule has 0 fully saturated rings. The Kier molecular flexibility index (Phi) is 9.65. The molecule has 2 aromatic carbocycles. The zero-order valence-corrected chi connectivity index (χ0v) is 21.1. The molecule has 37 heavy (non-hydrogen) atoms. The summed E-state index contributed by atoms with van der Waals surface area (Å²) < 4.78 is 12.3. The van der Waals surface area contributed by atoms with Crippen LogP contribution in [0.1, 0.15) is 49.0 Å². The highest BCUT2D eigenvalue weighted by Gasteiger charge is 2.25. The van der Waals surface area contributed by atoms with E-state index >= 15 is 0 Å². The summed E-state index contributed by atoms with van der Waals surface area (Å²) in [6, 6.07) is 16.1. The Hall–Kier alpha value is -4.34. The summed E-state index contributed by atoms with van der Waals surface area (Å²) in [5.41, 5.74) is 5.70. The standard InChI is InChI=1S/C27H32N4O6/c1-3-5-16-30(23-24(28)31(15-4-2)27(35)29-25(23)33)22(32)18-37-26(34)20-13-9-10-14-21(20)36-17-19-11-7-6-8-12-19/h6-14H,3-5,15-18,28H2,1-2H3,(H,29,33,35). The van der Waals surface area contributed by atoms with Gasteiger partial charge in [0.25, 0.3) is 11.5 Å². The SMILES string of the molecule is CCCCN(C(=O)COC(=O)c1ccccc1OCc1ccccc1)c1c(N)n(CCC)c(=O)[nH]c1=O. The lowest BCUT2D eigenvalue weighted by molar-refractivity contribution is -0.121. The van der Waals surface area contributed by atoms with Gasteiger partial charge in [-0.25, -0.2) is 9.59 Å². The molecule has 0 radical (unpaired) electrons. The fourth-order valence-corrected chi connectivity index (χ4v) is 3.74. The number of H-pyrrole nitrogens is 1. The van der Waals surface area contributed by atoms with Crippen LogP contribution in [0.15, 0.2) is 64.2 Å². The van der Waals surface area contributed by atoms with Gasteiger partial charge in [0.05, 0.1) is 0 Å². The highest BCUT2D eigenvalue weighted by atomic mass is 16.5. The maximum atomic E-state index is 13.2. The van der Waals surface area contributed by atoms with E-state index in [0.717, 1.165) is 12.0 Å². The number of nitrogens with two attached hydrogens (primary N) is 1. The first-order chi connectivity index (χ1) is 17.9. The molecular weight excluding hydrogens is 476 g/mol. The van der Waals surface area contributed by atoms with Crippen molar-refractivity contribution in [3.63, 3.8) is 0 Å². The maximum absolute atomic E-state index is 13.2. The van der Waals surface area contributed by atoms with Gasteiger partial charge in [-0.3, -0.25) is 19.1 Å². The van der Waals surface area contributed by atoms with Gasteiger partial charge < -0.3 is 20.1 Å². The van der Waals surface area contributed by atoms with Gasteiger partial charge in [-0.1, -0.05) is 62.7 Å². The van der Waals surface area contributed by atoms with E-state index in [9.17, 15) is 19.2 Å². The molecule has 3 rings (SSSR count). The lowest BCUT2D eigenvalue weighted by Crippen LogP contribution is -2.43. The number of hydrogen-bond acceptors (Lipinski definition) is 7. The van der Waals surface area contributed by atoms with E-state index in [4.69, 9.17) is 15.2 Å². The van der Waals surface area contributed by atoms with Gasteiger partial charge in [0.15, 0.2) is 12.3 Å². The van der Waals surface area contributed by atoms with Crippen molar-refractivity contribution in [2.45, 2.75) is 46.3 Å². The van der Waals surface area contributed by atoms with Crippen LogP contribution < -0.4 is 26.6 Å². The van der Waals surface area contributed by atoms with Crippen LogP contribution in [0.2, 0.25) is 0 Å². The van der Waals surface area contributed by atoms with E-state index in [2.05, 4.69) is 4.98 Å². The molecule has 1 aromatic heterocycles. The molecular formula is C27H32N4O6. The number of ether oxygens (including phenoxy) is 2. The highest BCUT2D eigenvalue weighted by Crippen LogP contribution is 2.22. The van der Waals surface area contributed by atoms with E-state index in [-0.39, 0.29) is 36.8 Å². The Morgan fingerprint density at radius 2 is 1.70 bits per heavy atom. The number of para-hydroxylation sites is 1. The van der Waals surface area contributed by atoms with Crippen molar-refractivity contribution >= 4 is 23.4 Å². The zero-order valence-electron chi connectivity index (χ0n) is 21.1. The number of carbonyl (C=O) groups excluding carboxylic acids is 2. The molecule has 0 aliphatic rings. The van der Waals surface area contributed by atoms with E-state index in [0.29, 0.717) is 18.6 Å². The predicted octanol–water partition coefficient (Wildman–Crippen LogP) is 3.10. The quantitative estimate of drug-likeness (QED) is 0.359. The maximum Gasteiger partial charge on any atom is 0.342 e. The second-order valence-corrected chi connectivity index (χ2v) is 8.39. The van der Waals surface area contributed by atoms with Gasteiger partial charge in [-0.05, 0) is 30.5 Å². The van der Waals surface area contributed by atoms with Crippen LogP contribution in [0.4, 0.5) is 11.5 Å². The molecule has 3 N–H and O–H groups in total. The fourth-order valence-electron chi connectivity index (χ4n) is 3.74. The molecule has 1 amide bonds. The van der Waals surface area contributed by atoms with E-state index in [1.54, 1.807) is 24.3 Å². The lowest BCUT2D eigenvalue weighted by atomic mass is 10.2. The van der Waals surface area contributed by atoms with Crippen molar-refractivity contribution in [3.8, 4) is 5.75 Å². The molecule has 0 saturated carbocycles. The smallest absolute Gasteiger partial charge is 0.342 e. The predicted molar refractivity (Wildman–Crippen MR) is 141 cm³/mol. The van der Waals surface area contributed by atoms with Gasteiger partial charge in [0.2, 0.25) is 0 Å². The molecule has 0 atom stereocenters. The van der Waals surface area contributed by atoms with Gasteiger partial charge in [0, 0.05) is 13.1 Å². The molecule has 0 unspecified atom stereocenters. The van der Waals surface area contributed by atoms with Crippen LogP contribution in [-0.4, -0.2) is 34.6 Å². The van der Waals surface area contributed by atoms with Crippen molar-refractivity contribution in [2.24, 2.45) is 0 Å². The Morgan fingerprint density at radius 3 is 2.41 bits per heavy atom. The molecule has 10 heteroatoms. The second kappa shape index (κ2) is 13.1. The summed E-state index contributed by atoms with van der Waals surface area (Å²) in [6.45, 7) is 3.87. The van der Waals surface area contributed by atoms with Crippen molar-refractivity contribution in [2.75, 3.05) is 23.8 Å². The number of hydrogen-bond donors (Lipinski definition) is 2. The zero-order chi connectivity index (χ0) is 26.8. The summed E-state index contributed by atoms with van der Waals surface area (Å²) in [4.78, 5) is 54.3. The van der Waals surface area contributed by atoms with Crippen LogP contribution >= 0.6 is 0 Å². The van der Waals surface area contributed by atoms with Gasteiger partial charge in [-0.2, -0.15) is 0 Å². The second-order valence-electron chi connectivity index (χ2n) is 8.39. The topological polar surface area (TPSA) is 137 Å². The minimum Gasteiger partial charge on any atom is -0.488 e. The number of nitrogens with zero attached hydrogens (tertiary/aromatic N) is 2. The van der Waals surface area contributed by atoms with Crippen molar-refractivity contribution in [1.29, 1.82) is 0 Å². The molecule has 0 aliphatic carbocycles. The van der Waals surface area contributed by atoms with Crippen LogP contribution in [0.5, 0.6) is 5.75 Å². The number of nitrogens with one attached hydrogen (secondary N) is 1. The average molecular weight is 509 g/mol. The number of amides is 1. The molecule has 3 aromatic rings. The molecule has 0 spiro atoms. The van der Waals surface area contributed by atoms with Crippen molar-refractivity contribution < 1.29 is 19.1 Å². The van der Waals surface area contributed by atoms with Crippen LogP contribution in [0, 0.1) is 0 Å². The summed E-state index contributed by atoms with van der Waals surface area (Å²) in [5.74, 6) is -1.17. The van der Waals surface area contributed by atoms with E-state index < -0.39 is 29.7 Å². The summed E-state index contributed by atoms with van der Waals surface area (Å²) in [5, 5.41) is 0. The summed E-state index contributed by atoms with van der Waals surface area (Å²) in [6.07, 6.45) is 1.91. The summed E-state index contributed by atoms with van der Waals surface area (Å²) >= 11 is 0. The van der Waals surface area contributed by atoms with Crippen molar-refractivity contribution in [1.82, 2.24) is 9.55 Å². The molecule has 0 aliphatic heterocycles. The molecule has 0 bridgehead atoms. The number of unbranched alkanes of at least 4 members (excludes halogenated alkanes) is 1. The number of aromatic nitrogens is 2. The first-order valence-electron chi connectivity index (χ1n) is 12.2. The average Bonchev–Trinajstić information content (AvgIpc) is 2.90. The molecule has 0 saturated heterocycles. The fraction of sp³-hybridized carbons (Fsp3) is 0.333. The third kappa shape index (κ3) is 6.87. The highest BCUT2D eigenvalue weighted by molar-refractivity contribution is 5.99. The van der Waals surface area contributed by atoms with Gasteiger partial charge in [0.1, 0.15) is 23.7 Å². The molecule has 196 valence electrons. The number of nitrogen functional groups attached to an aromatic ring is 1. The van der Waals surface area contributed by atoms with Gasteiger partial charge in [-0.15, -0.1) is 0 Å². The number of anilines is 2. The minimum absolute atomic E-state index is 0.106. The Balaban J connectivity index is 1.78. The Labute approximate surface area is 214 Å².